The molecule has 0 radical (unpaired) electrons. The van der Waals surface area contributed by atoms with Crippen molar-refractivity contribution in [2.24, 2.45) is 0 Å². The van der Waals surface area contributed by atoms with Gasteiger partial charge >= 0.3 is 11.9 Å². The van der Waals surface area contributed by atoms with Crippen molar-refractivity contribution in [1.82, 2.24) is 0 Å². The van der Waals surface area contributed by atoms with Crippen LogP contribution in [-0.2, 0) is 9.53 Å². The van der Waals surface area contributed by atoms with Crippen LogP contribution in [0.25, 0.3) is 6.08 Å². The quantitative estimate of drug-likeness (QED) is 0.130. The van der Waals surface area contributed by atoms with Crippen LogP contribution in [-0.4, -0.2) is 31.3 Å². The van der Waals surface area contributed by atoms with Crippen molar-refractivity contribution in [2.75, 3.05) is 24.7 Å². The molecule has 1 fully saturated rings. The molecule has 37 heavy (non-hydrogen) atoms. The second-order valence-corrected chi connectivity index (χ2v) is 8.69. The maximum atomic E-state index is 12.2. The number of rotatable bonds is 10. The van der Waals surface area contributed by atoms with Gasteiger partial charge in [-0.15, -0.1) is 0 Å². The molecule has 4 rings (SSSR count). The second kappa shape index (κ2) is 12.5. The molecule has 0 bridgehead atoms. The van der Waals surface area contributed by atoms with Gasteiger partial charge in [-0.2, -0.15) is 0 Å². The Labute approximate surface area is 215 Å². The minimum atomic E-state index is -0.525. The molecular formula is C29H30N2O6. The van der Waals surface area contributed by atoms with Crippen molar-refractivity contribution in [2.45, 2.75) is 31.8 Å². The van der Waals surface area contributed by atoms with Crippen LogP contribution in [0.5, 0.6) is 17.2 Å². The lowest BCUT2D eigenvalue weighted by atomic mass is 10.2. The molecule has 0 aliphatic heterocycles. The molecule has 0 aromatic heterocycles. The third kappa shape index (κ3) is 8.03. The number of ether oxygens (including phenoxy) is 4. The van der Waals surface area contributed by atoms with E-state index >= 15 is 0 Å². The first-order chi connectivity index (χ1) is 17.9. The fourth-order valence-corrected chi connectivity index (χ4v) is 3.95. The van der Waals surface area contributed by atoms with Gasteiger partial charge < -0.3 is 30.4 Å². The number of benzene rings is 3. The van der Waals surface area contributed by atoms with Gasteiger partial charge in [0.05, 0.1) is 11.7 Å². The van der Waals surface area contributed by atoms with Crippen molar-refractivity contribution in [3.8, 4) is 17.2 Å². The van der Waals surface area contributed by atoms with E-state index in [0.717, 1.165) is 24.2 Å². The zero-order valence-electron chi connectivity index (χ0n) is 20.4. The molecule has 0 atom stereocenters. The van der Waals surface area contributed by atoms with Crippen LogP contribution >= 0.6 is 0 Å². The average molecular weight is 503 g/mol. The lowest BCUT2D eigenvalue weighted by Crippen LogP contribution is -2.13. The number of nitrogen functional groups attached to an aromatic ring is 2. The topological polar surface area (TPSA) is 123 Å². The molecule has 3 aromatic carbocycles. The number of carbonyl (C=O) groups excluding carboxylic acids is 2. The highest BCUT2D eigenvalue weighted by Crippen LogP contribution is 2.25. The fourth-order valence-electron chi connectivity index (χ4n) is 3.95. The lowest BCUT2D eigenvalue weighted by Gasteiger charge is -2.13. The van der Waals surface area contributed by atoms with E-state index in [-0.39, 0.29) is 24.9 Å². The van der Waals surface area contributed by atoms with Crippen molar-refractivity contribution in [1.29, 1.82) is 0 Å². The Bertz CT molecular complexity index is 1210. The summed E-state index contributed by atoms with van der Waals surface area (Å²) in [5, 5.41) is 0. The minimum Gasteiger partial charge on any atom is -0.490 e. The number of nitrogens with two attached hydrogens (primary N) is 2. The third-order valence-electron chi connectivity index (χ3n) is 5.74. The predicted octanol–water partition coefficient (Wildman–Crippen LogP) is 5.03. The van der Waals surface area contributed by atoms with E-state index in [2.05, 4.69) is 0 Å². The molecule has 0 unspecified atom stereocenters. The van der Waals surface area contributed by atoms with Gasteiger partial charge in [0.2, 0.25) is 0 Å². The fraction of sp³-hybridized carbons (Fsp3) is 0.241. The van der Waals surface area contributed by atoms with Gasteiger partial charge in [-0.05, 0) is 91.9 Å². The van der Waals surface area contributed by atoms with Crippen LogP contribution in [0.15, 0.2) is 72.8 Å². The second-order valence-electron chi connectivity index (χ2n) is 8.69. The maximum absolute atomic E-state index is 12.2. The Morgan fingerprint density at radius 2 is 1.43 bits per heavy atom. The summed E-state index contributed by atoms with van der Waals surface area (Å²) in [7, 11) is 0. The van der Waals surface area contributed by atoms with E-state index in [0.29, 0.717) is 22.9 Å². The van der Waals surface area contributed by atoms with E-state index in [1.165, 1.54) is 31.1 Å². The number of hydrogen-bond acceptors (Lipinski definition) is 8. The van der Waals surface area contributed by atoms with Crippen molar-refractivity contribution < 1.29 is 28.5 Å². The standard InChI is InChI=1S/C29H30N2O6/c30-22-17-21(18-23(31)19-22)29(33)35-16-15-34-24-8-5-20(6-9-24)7-14-28(32)37-27-12-10-26(11-13-27)36-25-3-1-2-4-25/h5-14,17-19,25H,1-4,15-16,30-31H2. The molecule has 1 saturated carbocycles. The van der Waals surface area contributed by atoms with Crippen molar-refractivity contribution in [3.63, 3.8) is 0 Å². The first kappa shape index (κ1) is 25.6. The number of hydrogen-bond donors (Lipinski definition) is 2. The lowest BCUT2D eigenvalue weighted by molar-refractivity contribution is -0.128. The smallest absolute Gasteiger partial charge is 0.338 e. The van der Waals surface area contributed by atoms with Crippen molar-refractivity contribution in [3.05, 3.63) is 83.9 Å². The maximum Gasteiger partial charge on any atom is 0.338 e. The number of esters is 2. The monoisotopic (exact) mass is 502 g/mol. The average Bonchev–Trinajstić information content (AvgIpc) is 3.40. The van der Waals surface area contributed by atoms with Crippen LogP contribution < -0.4 is 25.7 Å². The van der Waals surface area contributed by atoms with Crippen LogP contribution in [0, 0.1) is 0 Å². The molecule has 1 aliphatic rings. The van der Waals surface area contributed by atoms with Gasteiger partial charge in [-0.3, -0.25) is 0 Å². The zero-order chi connectivity index (χ0) is 26.0. The first-order valence-corrected chi connectivity index (χ1v) is 12.2. The van der Waals surface area contributed by atoms with Gasteiger partial charge in [-0.25, -0.2) is 9.59 Å². The molecule has 0 spiro atoms. The molecule has 0 amide bonds. The number of anilines is 2. The molecular weight excluding hydrogens is 472 g/mol. The van der Waals surface area contributed by atoms with Crippen LogP contribution in [0.4, 0.5) is 11.4 Å². The first-order valence-electron chi connectivity index (χ1n) is 12.2. The Kier molecular flexibility index (Phi) is 8.65. The highest BCUT2D eigenvalue weighted by molar-refractivity contribution is 5.91. The van der Waals surface area contributed by atoms with Crippen LogP contribution in [0.2, 0.25) is 0 Å². The molecule has 0 heterocycles. The van der Waals surface area contributed by atoms with Gasteiger partial charge in [0.25, 0.3) is 0 Å². The van der Waals surface area contributed by atoms with E-state index in [4.69, 9.17) is 30.4 Å². The van der Waals surface area contributed by atoms with Gasteiger partial charge in [0.1, 0.15) is 30.5 Å². The highest BCUT2D eigenvalue weighted by atomic mass is 16.6. The summed E-state index contributed by atoms with van der Waals surface area (Å²) in [4.78, 5) is 24.3. The van der Waals surface area contributed by atoms with Gasteiger partial charge in [0.15, 0.2) is 0 Å². The molecule has 192 valence electrons. The normalized spacial score (nSPS) is 13.4. The molecule has 8 nitrogen and oxygen atoms in total. The minimum absolute atomic E-state index is 0.0642. The van der Waals surface area contributed by atoms with Crippen molar-refractivity contribution >= 4 is 29.4 Å². The zero-order valence-corrected chi connectivity index (χ0v) is 20.4. The van der Waals surface area contributed by atoms with E-state index in [1.54, 1.807) is 48.5 Å². The van der Waals surface area contributed by atoms with E-state index in [1.807, 2.05) is 12.1 Å². The third-order valence-corrected chi connectivity index (χ3v) is 5.74. The van der Waals surface area contributed by atoms with Gasteiger partial charge in [0, 0.05) is 17.5 Å². The molecule has 8 heteroatoms. The summed E-state index contributed by atoms with van der Waals surface area (Å²) in [6.45, 7) is 0.240. The predicted molar refractivity (Wildman–Crippen MR) is 141 cm³/mol. The summed E-state index contributed by atoms with van der Waals surface area (Å²) in [6, 6.07) is 18.8. The molecule has 3 aromatic rings. The summed E-state index contributed by atoms with van der Waals surface area (Å²) >= 11 is 0. The van der Waals surface area contributed by atoms with Gasteiger partial charge in [-0.1, -0.05) is 12.1 Å². The van der Waals surface area contributed by atoms with Crippen LogP contribution in [0.3, 0.4) is 0 Å². The SMILES string of the molecule is Nc1cc(N)cc(C(=O)OCCOc2ccc(C=CC(=O)Oc3ccc(OC4CCCC4)cc3)cc2)c1. The Hall–Kier alpha value is -4.46. The largest absolute Gasteiger partial charge is 0.490 e. The Morgan fingerprint density at radius 1 is 0.811 bits per heavy atom. The summed E-state index contributed by atoms with van der Waals surface area (Å²) in [6.07, 6.45) is 7.90. The van der Waals surface area contributed by atoms with E-state index in [9.17, 15) is 9.59 Å². The highest BCUT2D eigenvalue weighted by Gasteiger charge is 2.16. The Balaban J connectivity index is 1.17. The summed E-state index contributed by atoms with van der Waals surface area (Å²) < 4.78 is 22.1. The molecule has 0 saturated heterocycles. The number of carbonyl (C=O) groups is 2. The molecule has 1 aliphatic carbocycles. The summed E-state index contributed by atoms with van der Waals surface area (Å²) in [5.74, 6) is 0.840. The molecule has 4 N–H and O–H groups in total. The van der Waals surface area contributed by atoms with E-state index < -0.39 is 11.9 Å². The Morgan fingerprint density at radius 3 is 2.11 bits per heavy atom. The van der Waals surface area contributed by atoms with Crippen LogP contribution in [0.1, 0.15) is 41.6 Å². The summed E-state index contributed by atoms with van der Waals surface area (Å²) in [5.41, 5.74) is 13.3.